The standard InChI is InChI=1S/C8H18Si2/c1-6-9(3)8-10(4,5)7-2/h6-7,9H,1-2,8H2,3-5H3. The molecule has 2 heteroatoms. The van der Waals surface area contributed by atoms with Gasteiger partial charge < -0.3 is 0 Å². The second kappa shape index (κ2) is 3.93. The van der Waals surface area contributed by atoms with Crippen molar-refractivity contribution in [3.63, 3.8) is 0 Å². The van der Waals surface area contributed by atoms with Crippen molar-refractivity contribution < 1.29 is 0 Å². The first-order valence-electron chi connectivity index (χ1n) is 3.78. The molecule has 0 aromatic carbocycles. The van der Waals surface area contributed by atoms with Crippen LogP contribution in [0.1, 0.15) is 0 Å². The molecule has 10 heavy (non-hydrogen) atoms. The second-order valence-corrected chi connectivity index (χ2v) is 12.1. The first kappa shape index (κ1) is 9.91. The molecule has 0 rings (SSSR count). The summed E-state index contributed by atoms with van der Waals surface area (Å²) in [6.45, 7) is 14.8. The summed E-state index contributed by atoms with van der Waals surface area (Å²) in [5.41, 5.74) is 5.76. The highest BCUT2D eigenvalue weighted by atomic mass is 28.4. The van der Waals surface area contributed by atoms with Crippen molar-refractivity contribution in [1.29, 1.82) is 0 Å². The summed E-state index contributed by atoms with van der Waals surface area (Å²) in [7, 11) is -1.58. The highest BCUT2D eigenvalue weighted by Crippen LogP contribution is 2.12. The van der Waals surface area contributed by atoms with Gasteiger partial charge in [-0.05, 0) is 0 Å². The Morgan fingerprint density at radius 3 is 2.20 bits per heavy atom. The molecule has 0 saturated carbocycles. The molecule has 0 saturated heterocycles. The van der Waals surface area contributed by atoms with E-state index in [2.05, 4.69) is 44.2 Å². The average molecular weight is 170 g/mol. The van der Waals surface area contributed by atoms with Crippen LogP contribution in [0, 0.1) is 0 Å². The van der Waals surface area contributed by atoms with Gasteiger partial charge in [-0.1, -0.05) is 25.3 Å². The first-order valence-corrected chi connectivity index (χ1v) is 9.70. The van der Waals surface area contributed by atoms with Gasteiger partial charge in [0, 0.05) is 0 Å². The van der Waals surface area contributed by atoms with Gasteiger partial charge in [0.1, 0.15) is 0 Å². The van der Waals surface area contributed by atoms with E-state index in [1.54, 1.807) is 0 Å². The zero-order valence-corrected chi connectivity index (χ0v) is 9.51. The van der Waals surface area contributed by atoms with E-state index in [4.69, 9.17) is 0 Å². The third kappa shape index (κ3) is 3.85. The van der Waals surface area contributed by atoms with E-state index in [-0.39, 0.29) is 0 Å². The van der Waals surface area contributed by atoms with Crippen molar-refractivity contribution in [3.05, 3.63) is 24.6 Å². The van der Waals surface area contributed by atoms with Crippen molar-refractivity contribution in [3.8, 4) is 0 Å². The quantitative estimate of drug-likeness (QED) is 0.569. The zero-order chi connectivity index (χ0) is 8.20. The van der Waals surface area contributed by atoms with E-state index in [1.165, 1.54) is 5.67 Å². The molecular weight excluding hydrogens is 152 g/mol. The minimum Gasteiger partial charge on any atom is -0.107 e. The summed E-state index contributed by atoms with van der Waals surface area (Å²) in [5, 5.41) is 0. The molecule has 58 valence electrons. The Hall–Kier alpha value is -0.0862. The van der Waals surface area contributed by atoms with E-state index >= 15 is 0 Å². The lowest BCUT2D eigenvalue weighted by atomic mass is 11.3. The molecule has 0 radical (unpaired) electrons. The Morgan fingerprint density at radius 1 is 1.40 bits per heavy atom. The summed E-state index contributed by atoms with van der Waals surface area (Å²) >= 11 is 0. The monoisotopic (exact) mass is 170 g/mol. The van der Waals surface area contributed by atoms with Crippen LogP contribution >= 0.6 is 0 Å². The maximum Gasteiger partial charge on any atom is 0.0684 e. The predicted molar refractivity (Wildman–Crippen MR) is 55.7 cm³/mol. The fourth-order valence-corrected chi connectivity index (χ4v) is 8.97. The van der Waals surface area contributed by atoms with Crippen molar-refractivity contribution in [2.75, 3.05) is 0 Å². The molecule has 1 atom stereocenters. The number of hydrogen-bond donors (Lipinski definition) is 0. The third-order valence-corrected chi connectivity index (χ3v) is 10.5. The van der Waals surface area contributed by atoms with Crippen LogP contribution in [0.4, 0.5) is 0 Å². The van der Waals surface area contributed by atoms with Crippen LogP contribution in [0.25, 0.3) is 0 Å². The average Bonchev–Trinajstić information content (AvgIpc) is 1.87. The third-order valence-electron chi connectivity index (χ3n) is 1.80. The summed E-state index contributed by atoms with van der Waals surface area (Å²) in [4.78, 5) is 0. The van der Waals surface area contributed by atoms with Crippen LogP contribution in [-0.2, 0) is 0 Å². The zero-order valence-electron chi connectivity index (χ0n) is 7.35. The fourth-order valence-electron chi connectivity index (χ4n) is 0.997. The number of rotatable bonds is 4. The predicted octanol–water partition coefficient (Wildman–Crippen LogP) is 2.54. The molecule has 0 spiro atoms. The summed E-state index contributed by atoms with van der Waals surface area (Å²) < 4.78 is 0. The van der Waals surface area contributed by atoms with Gasteiger partial charge in [-0.2, -0.15) is 0 Å². The molecular formula is C8H18Si2. The normalized spacial score (nSPS) is 14.3. The van der Waals surface area contributed by atoms with Crippen LogP contribution in [0.2, 0.25) is 25.3 Å². The lowest BCUT2D eigenvalue weighted by Gasteiger charge is -2.18. The maximum absolute atomic E-state index is 3.87. The van der Waals surface area contributed by atoms with Crippen LogP contribution in [0.15, 0.2) is 24.6 Å². The highest BCUT2D eigenvalue weighted by molar-refractivity contribution is 6.92. The topological polar surface area (TPSA) is 0 Å². The minimum atomic E-state index is -1.01. The van der Waals surface area contributed by atoms with Gasteiger partial charge in [-0.15, -0.1) is 24.6 Å². The molecule has 0 N–H and O–H groups in total. The van der Waals surface area contributed by atoms with Gasteiger partial charge >= 0.3 is 0 Å². The van der Waals surface area contributed by atoms with Gasteiger partial charge in [0.2, 0.25) is 0 Å². The first-order chi connectivity index (χ1) is 4.52. The van der Waals surface area contributed by atoms with Crippen LogP contribution < -0.4 is 0 Å². The molecule has 0 aliphatic heterocycles. The smallest absolute Gasteiger partial charge is 0.0684 e. The molecule has 0 amide bonds. The molecule has 0 aromatic heterocycles. The van der Waals surface area contributed by atoms with Crippen molar-refractivity contribution in [2.45, 2.75) is 25.3 Å². The summed E-state index contributed by atoms with van der Waals surface area (Å²) in [5.74, 6) is 0. The van der Waals surface area contributed by atoms with Crippen molar-refractivity contribution >= 4 is 16.9 Å². The minimum absolute atomic E-state index is 0.570. The van der Waals surface area contributed by atoms with Gasteiger partial charge in [-0.3, -0.25) is 0 Å². The van der Waals surface area contributed by atoms with E-state index in [1.807, 2.05) is 0 Å². The molecule has 0 aliphatic rings. The van der Waals surface area contributed by atoms with Crippen LogP contribution in [0.5, 0.6) is 0 Å². The van der Waals surface area contributed by atoms with Crippen LogP contribution in [-0.4, -0.2) is 16.9 Å². The van der Waals surface area contributed by atoms with E-state index < -0.39 is 16.9 Å². The SMILES string of the molecule is C=C[SiH](C)C[Si](C)(C)C=C. The Labute approximate surface area is 67.3 Å². The molecule has 1 unspecified atom stereocenters. The second-order valence-electron chi connectivity index (χ2n) is 3.61. The largest absolute Gasteiger partial charge is 0.107 e. The Kier molecular flexibility index (Phi) is 3.90. The van der Waals surface area contributed by atoms with Crippen molar-refractivity contribution in [2.24, 2.45) is 0 Å². The maximum atomic E-state index is 3.87. The van der Waals surface area contributed by atoms with E-state index in [0.29, 0.717) is 0 Å². The van der Waals surface area contributed by atoms with Crippen molar-refractivity contribution in [1.82, 2.24) is 0 Å². The van der Waals surface area contributed by atoms with E-state index in [9.17, 15) is 0 Å². The Balaban J connectivity index is 3.86. The lowest BCUT2D eigenvalue weighted by Crippen LogP contribution is -2.28. The van der Waals surface area contributed by atoms with Gasteiger partial charge in [0.15, 0.2) is 0 Å². The summed E-state index contributed by atoms with van der Waals surface area (Å²) in [6.07, 6.45) is 0. The molecule has 0 heterocycles. The molecule has 0 nitrogen and oxygen atoms in total. The lowest BCUT2D eigenvalue weighted by molar-refractivity contribution is 1.65. The molecule has 0 fully saturated rings. The fraction of sp³-hybridized carbons (Fsp3) is 0.500. The number of hydrogen-bond acceptors (Lipinski definition) is 0. The van der Waals surface area contributed by atoms with E-state index in [0.717, 1.165) is 0 Å². The van der Waals surface area contributed by atoms with Gasteiger partial charge in [0.05, 0.1) is 16.9 Å². The van der Waals surface area contributed by atoms with Gasteiger partial charge in [-0.25, -0.2) is 0 Å². The molecule has 0 aliphatic carbocycles. The summed E-state index contributed by atoms with van der Waals surface area (Å²) in [6, 6.07) is 0. The Morgan fingerprint density at radius 2 is 1.90 bits per heavy atom. The van der Waals surface area contributed by atoms with Crippen LogP contribution in [0.3, 0.4) is 0 Å². The molecule has 0 bridgehead atoms. The molecule has 0 aromatic rings. The Bertz CT molecular complexity index is 127. The highest BCUT2D eigenvalue weighted by Gasteiger charge is 2.18. The van der Waals surface area contributed by atoms with Gasteiger partial charge in [0.25, 0.3) is 0 Å².